The molecule has 0 aromatic heterocycles. The summed E-state index contributed by atoms with van der Waals surface area (Å²) in [5.74, 6) is -0.0702. The second kappa shape index (κ2) is 4.88. The van der Waals surface area contributed by atoms with Gasteiger partial charge in [0, 0.05) is 5.02 Å². The Kier molecular flexibility index (Phi) is 3.48. The van der Waals surface area contributed by atoms with E-state index in [1.54, 1.807) is 4.90 Å². The summed E-state index contributed by atoms with van der Waals surface area (Å²) in [5.41, 5.74) is 1.03. The van der Waals surface area contributed by atoms with Crippen LogP contribution in [0.3, 0.4) is 0 Å². The third-order valence-electron chi connectivity index (χ3n) is 3.03. The molecule has 0 saturated carbocycles. The smallest absolute Gasteiger partial charge is 0.231 e. The number of benzene rings is 1. The molecule has 17 heavy (non-hydrogen) atoms. The molecule has 90 valence electrons. The van der Waals surface area contributed by atoms with Gasteiger partial charge < -0.3 is 4.90 Å². The van der Waals surface area contributed by atoms with Gasteiger partial charge in [0.25, 0.3) is 0 Å². The van der Waals surface area contributed by atoms with E-state index in [4.69, 9.17) is 11.6 Å². The fraction of sp³-hybridized carbons (Fsp3) is 0.385. The fourth-order valence-electron chi connectivity index (χ4n) is 2.21. The molecular formula is C13H14ClNO2. The molecule has 1 amide bonds. The highest BCUT2D eigenvalue weighted by Gasteiger charge is 2.32. The third kappa shape index (κ3) is 2.50. The lowest BCUT2D eigenvalue weighted by Gasteiger charge is -2.26. The van der Waals surface area contributed by atoms with Crippen LogP contribution in [0.15, 0.2) is 24.3 Å². The Hall–Kier alpha value is -1.35. The summed E-state index contributed by atoms with van der Waals surface area (Å²) in [4.78, 5) is 24.6. The molecule has 1 heterocycles. The predicted molar refractivity (Wildman–Crippen MR) is 65.8 cm³/mol. The Balaban J connectivity index is 2.24. The highest BCUT2D eigenvalue weighted by molar-refractivity contribution is 6.30. The van der Waals surface area contributed by atoms with Crippen LogP contribution in [0.1, 0.15) is 31.4 Å². The summed E-state index contributed by atoms with van der Waals surface area (Å²) in [6.07, 6.45) is 0.838. The van der Waals surface area contributed by atoms with E-state index in [1.807, 2.05) is 31.2 Å². The maximum atomic E-state index is 11.7. The lowest BCUT2D eigenvalue weighted by molar-refractivity contribution is -0.129. The van der Waals surface area contributed by atoms with Crippen LogP contribution in [-0.2, 0) is 9.59 Å². The normalized spacial score (nSPS) is 17.6. The van der Waals surface area contributed by atoms with Crippen LogP contribution in [0.25, 0.3) is 0 Å². The van der Waals surface area contributed by atoms with Crippen molar-refractivity contribution in [2.45, 2.75) is 25.8 Å². The number of halogens is 1. The van der Waals surface area contributed by atoms with Crippen LogP contribution in [0.5, 0.6) is 0 Å². The summed E-state index contributed by atoms with van der Waals surface area (Å²) in [6.45, 7) is 2.25. The Morgan fingerprint density at radius 1 is 1.29 bits per heavy atom. The van der Waals surface area contributed by atoms with Crippen LogP contribution < -0.4 is 0 Å². The maximum Gasteiger partial charge on any atom is 0.231 e. The Bertz CT molecular complexity index is 441. The van der Waals surface area contributed by atoms with Crippen molar-refractivity contribution in [3.05, 3.63) is 34.9 Å². The van der Waals surface area contributed by atoms with Gasteiger partial charge in [-0.05, 0) is 24.1 Å². The van der Waals surface area contributed by atoms with Crippen molar-refractivity contribution < 1.29 is 9.59 Å². The summed E-state index contributed by atoms with van der Waals surface area (Å²) in [5, 5.41) is 0.674. The molecule has 1 aromatic carbocycles. The number of carbonyl (C=O) groups is 2. The Morgan fingerprint density at radius 3 is 2.41 bits per heavy atom. The summed E-state index contributed by atoms with van der Waals surface area (Å²) in [7, 11) is 0. The molecule has 0 spiro atoms. The van der Waals surface area contributed by atoms with E-state index >= 15 is 0 Å². The largest absolute Gasteiger partial charge is 0.328 e. The van der Waals surface area contributed by atoms with Crippen LogP contribution in [0, 0.1) is 0 Å². The zero-order valence-corrected chi connectivity index (χ0v) is 10.4. The fourth-order valence-corrected chi connectivity index (χ4v) is 2.34. The minimum Gasteiger partial charge on any atom is -0.328 e. The van der Waals surface area contributed by atoms with Crippen LogP contribution in [0.2, 0.25) is 5.02 Å². The zero-order valence-electron chi connectivity index (χ0n) is 9.65. The van der Waals surface area contributed by atoms with Crippen molar-refractivity contribution in [2.24, 2.45) is 0 Å². The molecule has 2 rings (SSSR count). The summed E-state index contributed by atoms with van der Waals surface area (Å²) >= 11 is 5.84. The first kappa shape index (κ1) is 12.1. The van der Waals surface area contributed by atoms with E-state index in [0.29, 0.717) is 5.02 Å². The van der Waals surface area contributed by atoms with Gasteiger partial charge in [0.05, 0.1) is 19.0 Å². The quantitative estimate of drug-likeness (QED) is 0.775. The molecule has 4 heteroatoms. The molecule has 1 fully saturated rings. The number of amides is 1. The van der Waals surface area contributed by atoms with Gasteiger partial charge in [-0.1, -0.05) is 30.7 Å². The van der Waals surface area contributed by atoms with Crippen molar-refractivity contribution >= 4 is 23.3 Å². The highest BCUT2D eigenvalue weighted by Crippen LogP contribution is 2.28. The van der Waals surface area contributed by atoms with Crippen LogP contribution in [-0.4, -0.2) is 23.1 Å². The third-order valence-corrected chi connectivity index (χ3v) is 3.29. The first-order valence-electron chi connectivity index (χ1n) is 5.68. The van der Waals surface area contributed by atoms with Crippen LogP contribution >= 0.6 is 11.6 Å². The molecular weight excluding hydrogens is 238 g/mol. The predicted octanol–water partition coefficient (Wildman–Crippen LogP) is 2.59. The lowest BCUT2D eigenvalue weighted by atomic mass is 10.0. The van der Waals surface area contributed by atoms with Gasteiger partial charge in [-0.2, -0.15) is 0 Å². The van der Waals surface area contributed by atoms with Gasteiger partial charge in [-0.25, -0.2) is 0 Å². The SMILES string of the molecule is CCC(c1ccc(Cl)cc1)N1CC(=O)CC1=O. The van der Waals surface area contributed by atoms with Gasteiger partial charge in [-0.3, -0.25) is 9.59 Å². The molecule has 1 atom stereocenters. The van der Waals surface area contributed by atoms with Gasteiger partial charge in [0.15, 0.2) is 5.78 Å². The van der Waals surface area contributed by atoms with Crippen molar-refractivity contribution in [3.8, 4) is 0 Å². The number of hydrogen-bond donors (Lipinski definition) is 0. The number of carbonyl (C=O) groups excluding carboxylic acids is 2. The zero-order chi connectivity index (χ0) is 12.4. The molecule has 0 radical (unpaired) electrons. The summed E-state index contributed by atoms with van der Waals surface area (Å²) < 4.78 is 0. The van der Waals surface area contributed by atoms with Crippen LogP contribution in [0.4, 0.5) is 0 Å². The van der Waals surface area contributed by atoms with Crippen molar-refractivity contribution in [1.29, 1.82) is 0 Å². The van der Waals surface area contributed by atoms with Gasteiger partial charge in [0.2, 0.25) is 5.91 Å². The van der Waals surface area contributed by atoms with Crippen molar-refractivity contribution in [2.75, 3.05) is 6.54 Å². The van der Waals surface area contributed by atoms with E-state index in [9.17, 15) is 9.59 Å². The molecule has 3 nitrogen and oxygen atoms in total. The van der Waals surface area contributed by atoms with E-state index in [1.165, 1.54) is 0 Å². The molecule has 1 aromatic rings. The highest BCUT2D eigenvalue weighted by atomic mass is 35.5. The first-order valence-corrected chi connectivity index (χ1v) is 6.06. The molecule has 1 unspecified atom stereocenters. The number of likely N-dealkylation sites (tertiary alicyclic amines) is 1. The number of rotatable bonds is 3. The summed E-state index contributed by atoms with van der Waals surface area (Å²) in [6, 6.07) is 7.41. The maximum absolute atomic E-state index is 11.7. The van der Waals surface area contributed by atoms with Gasteiger partial charge >= 0.3 is 0 Å². The first-order chi connectivity index (χ1) is 8.11. The van der Waals surface area contributed by atoms with Gasteiger partial charge in [-0.15, -0.1) is 0 Å². The Morgan fingerprint density at radius 2 is 1.94 bits per heavy atom. The van der Waals surface area contributed by atoms with E-state index < -0.39 is 0 Å². The minimum absolute atomic E-state index is 0.00223. The lowest BCUT2D eigenvalue weighted by Crippen LogP contribution is -2.30. The topological polar surface area (TPSA) is 37.4 Å². The van der Waals surface area contributed by atoms with Gasteiger partial charge in [0.1, 0.15) is 0 Å². The number of nitrogens with zero attached hydrogens (tertiary/aromatic N) is 1. The molecule has 0 aliphatic carbocycles. The minimum atomic E-state index is -0.0724. The van der Waals surface area contributed by atoms with E-state index in [0.717, 1.165) is 12.0 Å². The van der Waals surface area contributed by atoms with Crippen molar-refractivity contribution in [1.82, 2.24) is 4.90 Å². The molecule has 1 saturated heterocycles. The monoisotopic (exact) mass is 251 g/mol. The Labute approximate surface area is 105 Å². The molecule has 0 N–H and O–H groups in total. The number of Topliss-reactive ketones (excluding diaryl/α,β-unsaturated/α-hetero) is 1. The second-order valence-electron chi connectivity index (χ2n) is 4.21. The average molecular weight is 252 g/mol. The standard InChI is InChI=1S/C13H14ClNO2/c1-2-12(9-3-5-10(14)6-4-9)15-8-11(16)7-13(15)17/h3-6,12H,2,7-8H2,1H3. The van der Waals surface area contributed by atoms with Crippen molar-refractivity contribution in [3.63, 3.8) is 0 Å². The van der Waals surface area contributed by atoms with E-state index in [2.05, 4.69) is 0 Å². The number of hydrogen-bond acceptors (Lipinski definition) is 2. The second-order valence-corrected chi connectivity index (χ2v) is 4.65. The average Bonchev–Trinajstić information content (AvgIpc) is 2.62. The molecule has 1 aliphatic rings. The molecule has 1 aliphatic heterocycles. The number of ketones is 1. The molecule has 0 bridgehead atoms. The van der Waals surface area contributed by atoms with E-state index in [-0.39, 0.29) is 30.7 Å².